The Balaban J connectivity index is 1.52. The molecule has 0 unspecified atom stereocenters. The van der Waals surface area contributed by atoms with Crippen molar-refractivity contribution in [3.05, 3.63) is 70.1 Å². The van der Waals surface area contributed by atoms with E-state index in [0.29, 0.717) is 17.4 Å². The van der Waals surface area contributed by atoms with E-state index < -0.39 is 0 Å². The number of amides is 1. The highest BCUT2D eigenvalue weighted by molar-refractivity contribution is 5.94. The number of fused-ring (bicyclic) bond motifs is 1. The van der Waals surface area contributed by atoms with Crippen molar-refractivity contribution in [2.45, 2.75) is 25.5 Å². The second kappa shape index (κ2) is 7.82. The van der Waals surface area contributed by atoms with E-state index in [1.807, 2.05) is 23.1 Å². The highest BCUT2D eigenvalue weighted by Gasteiger charge is 2.21. The molecule has 144 valence electrons. The fourth-order valence-corrected chi connectivity index (χ4v) is 3.59. The molecule has 7 heteroatoms. The fraction of sp³-hybridized carbons (Fsp3) is 0.286. The van der Waals surface area contributed by atoms with Crippen LogP contribution in [0.25, 0.3) is 10.9 Å². The van der Waals surface area contributed by atoms with Crippen molar-refractivity contribution in [1.29, 1.82) is 0 Å². The largest absolute Gasteiger partial charge is 0.391 e. The molecule has 1 aliphatic heterocycles. The molecule has 3 heterocycles. The van der Waals surface area contributed by atoms with Crippen molar-refractivity contribution in [2.24, 2.45) is 0 Å². The number of nitrogens with zero attached hydrogens (tertiary/aromatic N) is 2. The van der Waals surface area contributed by atoms with E-state index in [-0.39, 0.29) is 29.7 Å². The summed E-state index contributed by atoms with van der Waals surface area (Å²) < 4.78 is 0. The Morgan fingerprint density at radius 2 is 2.14 bits per heavy atom. The number of rotatable bonds is 4. The van der Waals surface area contributed by atoms with Gasteiger partial charge in [-0.2, -0.15) is 0 Å². The average Bonchev–Trinajstić information content (AvgIpc) is 2.72. The van der Waals surface area contributed by atoms with Crippen molar-refractivity contribution >= 4 is 22.6 Å². The first-order valence-electron chi connectivity index (χ1n) is 9.39. The van der Waals surface area contributed by atoms with Crippen LogP contribution in [0.1, 0.15) is 28.9 Å². The van der Waals surface area contributed by atoms with Crippen LogP contribution in [0.3, 0.4) is 0 Å². The lowest BCUT2D eigenvalue weighted by molar-refractivity contribution is 0.0946. The van der Waals surface area contributed by atoms with E-state index in [0.717, 1.165) is 30.8 Å². The summed E-state index contributed by atoms with van der Waals surface area (Å²) in [5.74, 6) is 0.421. The lowest BCUT2D eigenvalue weighted by atomic mass is 10.1. The van der Waals surface area contributed by atoms with Gasteiger partial charge in [0.05, 0.1) is 6.10 Å². The molecule has 0 aliphatic carbocycles. The van der Waals surface area contributed by atoms with Gasteiger partial charge in [0.15, 0.2) is 5.43 Å². The minimum atomic E-state index is -0.360. The Morgan fingerprint density at radius 3 is 3.00 bits per heavy atom. The van der Waals surface area contributed by atoms with E-state index in [1.54, 1.807) is 24.4 Å². The van der Waals surface area contributed by atoms with Crippen molar-refractivity contribution in [1.82, 2.24) is 15.3 Å². The lowest BCUT2D eigenvalue weighted by Crippen LogP contribution is -2.39. The molecule has 7 nitrogen and oxygen atoms in total. The van der Waals surface area contributed by atoms with Crippen molar-refractivity contribution in [3.63, 3.8) is 0 Å². The molecule has 1 atom stereocenters. The number of piperidine rings is 1. The Bertz CT molecular complexity index is 1060. The molecule has 1 aromatic carbocycles. The van der Waals surface area contributed by atoms with Crippen LogP contribution in [0, 0.1) is 0 Å². The molecule has 28 heavy (non-hydrogen) atoms. The van der Waals surface area contributed by atoms with Gasteiger partial charge in [-0.05, 0) is 31.0 Å². The summed E-state index contributed by atoms with van der Waals surface area (Å²) >= 11 is 0. The summed E-state index contributed by atoms with van der Waals surface area (Å²) in [4.78, 5) is 34.3. The summed E-state index contributed by atoms with van der Waals surface area (Å²) in [6, 6.07) is 12.2. The summed E-state index contributed by atoms with van der Waals surface area (Å²) in [6.45, 7) is 1.65. The van der Waals surface area contributed by atoms with E-state index in [4.69, 9.17) is 0 Å². The van der Waals surface area contributed by atoms with Crippen molar-refractivity contribution in [3.8, 4) is 0 Å². The maximum Gasteiger partial charge on any atom is 0.268 e. The number of aromatic amines is 1. The van der Waals surface area contributed by atoms with Gasteiger partial charge in [-0.3, -0.25) is 9.59 Å². The number of carbonyl (C=O) groups excluding carboxylic acids is 1. The average molecular weight is 378 g/mol. The number of β-amino-alcohol motifs (C(OH)–C–C–N with tert-alkyl or cyclic N) is 1. The molecular formula is C21H22N4O3. The molecule has 3 aromatic rings. The normalized spacial score (nSPS) is 16.9. The molecular weight excluding hydrogens is 356 g/mol. The molecule has 0 radical (unpaired) electrons. The number of benzene rings is 1. The van der Waals surface area contributed by atoms with Crippen LogP contribution in [-0.4, -0.2) is 40.2 Å². The molecule has 3 N–H and O–H groups in total. The number of carbonyl (C=O) groups is 1. The van der Waals surface area contributed by atoms with E-state index in [2.05, 4.69) is 15.3 Å². The third-order valence-corrected chi connectivity index (χ3v) is 4.98. The number of aliphatic hydroxyl groups excluding tert-OH is 1. The Hall–Kier alpha value is -3.19. The van der Waals surface area contributed by atoms with Gasteiger partial charge in [-0.15, -0.1) is 0 Å². The molecule has 1 saturated heterocycles. The fourth-order valence-electron chi connectivity index (χ4n) is 3.59. The standard InChI is InChI=1S/C21H22N4O3/c26-15-6-4-10-25(13-15)20-14(5-3-9-22-20)12-23-21(28)18-11-19(27)16-7-1-2-8-17(16)24-18/h1-3,5,7-9,11,15,26H,4,6,10,12-13H2,(H,23,28)(H,24,27)/t15-/m1/s1. The summed E-state index contributed by atoms with van der Waals surface area (Å²) in [7, 11) is 0. The Kier molecular flexibility index (Phi) is 5.08. The lowest BCUT2D eigenvalue weighted by Gasteiger charge is -2.32. The molecule has 0 spiro atoms. The zero-order valence-electron chi connectivity index (χ0n) is 15.4. The van der Waals surface area contributed by atoms with Crippen molar-refractivity contribution < 1.29 is 9.90 Å². The minimum Gasteiger partial charge on any atom is -0.391 e. The minimum absolute atomic E-state index is 0.191. The first-order chi connectivity index (χ1) is 13.6. The van der Waals surface area contributed by atoms with Crippen LogP contribution < -0.4 is 15.6 Å². The van der Waals surface area contributed by atoms with Gasteiger partial charge in [0.2, 0.25) is 0 Å². The number of hydrogen-bond donors (Lipinski definition) is 3. The first kappa shape index (κ1) is 18.2. The molecule has 1 amide bonds. The van der Waals surface area contributed by atoms with Crippen LogP contribution in [0.15, 0.2) is 53.5 Å². The third kappa shape index (κ3) is 3.75. The smallest absolute Gasteiger partial charge is 0.268 e. The predicted molar refractivity (Wildman–Crippen MR) is 107 cm³/mol. The number of para-hydroxylation sites is 1. The summed E-state index contributed by atoms with van der Waals surface area (Å²) in [5.41, 5.74) is 1.53. The van der Waals surface area contributed by atoms with Gasteiger partial charge in [0.25, 0.3) is 5.91 Å². The molecule has 0 saturated carbocycles. The van der Waals surface area contributed by atoms with Crippen LogP contribution in [0.5, 0.6) is 0 Å². The van der Waals surface area contributed by atoms with Gasteiger partial charge < -0.3 is 20.3 Å². The van der Waals surface area contributed by atoms with Gasteiger partial charge >= 0.3 is 0 Å². The molecule has 1 fully saturated rings. The van der Waals surface area contributed by atoms with Crippen LogP contribution in [0.4, 0.5) is 5.82 Å². The number of aliphatic hydroxyl groups is 1. The van der Waals surface area contributed by atoms with E-state index in [9.17, 15) is 14.7 Å². The molecule has 1 aliphatic rings. The predicted octanol–water partition coefficient (Wildman–Crippen LogP) is 1.81. The van der Waals surface area contributed by atoms with Crippen molar-refractivity contribution in [2.75, 3.05) is 18.0 Å². The summed E-state index contributed by atoms with van der Waals surface area (Å²) in [5, 5.41) is 13.4. The number of pyridine rings is 2. The third-order valence-electron chi connectivity index (χ3n) is 4.98. The Morgan fingerprint density at radius 1 is 1.29 bits per heavy atom. The van der Waals surface area contributed by atoms with Gasteiger partial charge in [0.1, 0.15) is 11.5 Å². The Labute approximate surface area is 162 Å². The van der Waals surface area contributed by atoms with Crippen LogP contribution in [0.2, 0.25) is 0 Å². The number of anilines is 1. The summed E-state index contributed by atoms with van der Waals surface area (Å²) in [6.07, 6.45) is 3.05. The topological polar surface area (TPSA) is 98.3 Å². The maximum atomic E-state index is 12.6. The highest BCUT2D eigenvalue weighted by atomic mass is 16.3. The number of H-pyrrole nitrogens is 1. The zero-order chi connectivity index (χ0) is 19.5. The van der Waals surface area contributed by atoms with Gasteiger partial charge in [-0.1, -0.05) is 18.2 Å². The molecule has 2 aromatic heterocycles. The molecule has 0 bridgehead atoms. The van der Waals surface area contributed by atoms with Crippen LogP contribution in [-0.2, 0) is 6.54 Å². The number of nitrogens with one attached hydrogen (secondary N) is 2. The molecule has 4 rings (SSSR count). The van der Waals surface area contributed by atoms with E-state index >= 15 is 0 Å². The number of hydrogen-bond acceptors (Lipinski definition) is 5. The first-order valence-corrected chi connectivity index (χ1v) is 9.39. The zero-order valence-corrected chi connectivity index (χ0v) is 15.4. The second-order valence-electron chi connectivity index (χ2n) is 7.00. The van der Waals surface area contributed by atoms with E-state index in [1.165, 1.54) is 6.07 Å². The van der Waals surface area contributed by atoms with Gasteiger partial charge in [0, 0.05) is 48.4 Å². The quantitative estimate of drug-likeness (QED) is 0.643. The van der Waals surface area contributed by atoms with Crippen LogP contribution >= 0.6 is 0 Å². The monoisotopic (exact) mass is 378 g/mol. The SMILES string of the molecule is O=C(NCc1cccnc1N1CCC[C@@H](O)C1)c1cc(=O)c2ccccc2[nH]1. The highest BCUT2D eigenvalue weighted by Crippen LogP contribution is 2.21. The maximum absolute atomic E-state index is 12.6. The number of aromatic nitrogens is 2. The van der Waals surface area contributed by atoms with Gasteiger partial charge in [-0.25, -0.2) is 4.98 Å². The second-order valence-corrected chi connectivity index (χ2v) is 7.00.